The Kier molecular flexibility index (Phi) is 6.46. The fraction of sp³-hybridized carbons (Fsp3) is 0.556. The van der Waals surface area contributed by atoms with Crippen LogP contribution in [0.5, 0.6) is 0 Å². The molecule has 7 heteroatoms. The number of hydrogen-bond donors (Lipinski definition) is 3. The Morgan fingerprint density at radius 2 is 1.68 bits per heavy atom. The summed E-state index contributed by atoms with van der Waals surface area (Å²) in [5, 5.41) is 12.6. The lowest BCUT2D eigenvalue weighted by atomic mass is 9.71. The first-order valence-electron chi connectivity index (χ1n) is 7.90. The molecule has 0 aliphatic carbocycles. The zero-order valence-electron chi connectivity index (χ0n) is 15.4. The molecule has 2 atom stereocenters. The quantitative estimate of drug-likeness (QED) is 0.665. The summed E-state index contributed by atoms with van der Waals surface area (Å²) in [4.78, 5) is 24.2. The van der Waals surface area contributed by atoms with Gasteiger partial charge in [0.25, 0.3) is 0 Å². The van der Waals surface area contributed by atoms with Crippen molar-refractivity contribution in [2.75, 3.05) is 0 Å². The van der Waals surface area contributed by atoms with Gasteiger partial charge < -0.3 is 15.2 Å². The summed E-state index contributed by atoms with van der Waals surface area (Å²) in [5.74, 6) is -1.23. The standard InChI is InChI=1S/C18H26ClNO4S/c1-16(2,3)18(25,11-9-7-8-10-12(11)19)13(14(21)22)20-15(23)24-17(4,5)6/h7-10,13,25H,1-6H3,(H,20,23)(H,21,22)/t13-,18+/m1/s1. The van der Waals surface area contributed by atoms with Crippen molar-refractivity contribution in [2.24, 2.45) is 5.41 Å². The van der Waals surface area contributed by atoms with E-state index in [1.807, 2.05) is 20.8 Å². The predicted octanol–water partition coefficient (Wildman–Crippen LogP) is 4.49. The lowest BCUT2D eigenvalue weighted by molar-refractivity contribution is -0.141. The number of halogens is 1. The summed E-state index contributed by atoms with van der Waals surface area (Å²) >= 11 is 11.1. The number of ether oxygens (including phenoxy) is 1. The summed E-state index contributed by atoms with van der Waals surface area (Å²) < 4.78 is 3.93. The van der Waals surface area contributed by atoms with E-state index in [1.54, 1.807) is 45.0 Å². The van der Waals surface area contributed by atoms with Crippen molar-refractivity contribution in [2.45, 2.75) is 57.9 Å². The molecule has 2 N–H and O–H groups in total. The molecule has 0 aliphatic heterocycles. The van der Waals surface area contributed by atoms with Crippen LogP contribution in [0.4, 0.5) is 4.79 Å². The second-order valence-corrected chi connectivity index (χ2v) is 9.03. The summed E-state index contributed by atoms with van der Waals surface area (Å²) in [5.41, 5.74) is -0.881. The third kappa shape index (κ3) is 5.05. The Balaban J connectivity index is 3.42. The average molecular weight is 388 g/mol. The van der Waals surface area contributed by atoms with Gasteiger partial charge in [-0.25, -0.2) is 9.59 Å². The summed E-state index contributed by atoms with van der Waals surface area (Å²) in [6.07, 6.45) is -0.824. The monoisotopic (exact) mass is 387 g/mol. The minimum absolute atomic E-state index is 0.379. The zero-order valence-corrected chi connectivity index (χ0v) is 17.0. The molecule has 0 saturated heterocycles. The zero-order chi connectivity index (χ0) is 19.6. The molecule has 0 bridgehead atoms. The van der Waals surface area contributed by atoms with Crippen LogP contribution >= 0.6 is 24.2 Å². The molecule has 25 heavy (non-hydrogen) atoms. The fourth-order valence-corrected chi connectivity index (χ4v) is 3.25. The first-order chi connectivity index (χ1) is 11.2. The van der Waals surface area contributed by atoms with Gasteiger partial charge in [-0.3, -0.25) is 0 Å². The van der Waals surface area contributed by atoms with E-state index < -0.39 is 33.9 Å². The molecule has 0 unspecified atom stereocenters. The van der Waals surface area contributed by atoms with E-state index in [0.29, 0.717) is 10.6 Å². The van der Waals surface area contributed by atoms with Crippen LogP contribution in [0.2, 0.25) is 5.02 Å². The Bertz CT molecular complexity index is 651. The minimum atomic E-state index is -1.36. The molecule has 5 nitrogen and oxygen atoms in total. The Labute approximate surface area is 159 Å². The maximum Gasteiger partial charge on any atom is 0.408 e. The number of carboxylic acid groups (broad SMARTS) is 1. The molecule has 0 heterocycles. The van der Waals surface area contributed by atoms with Crippen molar-refractivity contribution < 1.29 is 19.4 Å². The molecule has 0 radical (unpaired) electrons. The van der Waals surface area contributed by atoms with Gasteiger partial charge in [-0.05, 0) is 37.8 Å². The van der Waals surface area contributed by atoms with Crippen LogP contribution in [-0.4, -0.2) is 28.8 Å². The summed E-state index contributed by atoms with van der Waals surface area (Å²) in [6, 6.07) is 5.53. The van der Waals surface area contributed by atoms with Gasteiger partial charge in [0.2, 0.25) is 0 Å². The van der Waals surface area contributed by atoms with Gasteiger partial charge in [0.1, 0.15) is 11.6 Å². The van der Waals surface area contributed by atoms with E-state index in [-0.39, 0.29) is 0 Å². The lowest BCUT2D eigenvalue weighted by Crippen LogP contribution is -2.58. The van der Waals surface area contributed by atoms with Crippen LogP contribution in [0.15, 0.2) is 24.3 Å². The molecule has 1 rings (SSSR count). The number of rotatable bonds is 4. The van der Waals surface area contributed by atoms with Crippen molar-refractivity contribution >= 4 is 36.3 Å². The number of carbonyl (C=O) groups is 2. The molecule has 1 amide bonds. The normalized spacial score (nSPS) is 15.8. The highest BCUT2D eigenvalue weighted by atomic mass is 35.5. The van der Waals surface area contributed by atoms with Crippen molar-refractivity contribution in [3.63, 3.8) is 0 Å². The van der Waals surface area contributed by atoms with E-state index in [2.05, 4.69) is 5.32 Å². The number of carbonyl (C=O) groups excluding carboxylic acids is 1. The third-order valence-electron chi connectivity index (χ3n) is 3.75. The Morgan fingerprint density at radius 1 is 1.16 bits per heavy atom. The summed E-state index contributed by atoms with van der Waals surface area (Å²) in [7, 11) is 0. The topological polar surface area (TPSA) is 75.6 Å². The first-order valence-corrected chi connectivity index (χ1v) is 8.72. The second kappa shape index (κ2) is 7.46. The first kappa shape index (κ1) is 21.6. The Hall–Kier alpha value is -1.40. The number of hydrogen-bond acceptors (Lipinski definition) is 4. The number of amides is 1. The molecular formula is C18H26ClNO4S. The van der Waals surface area contributed by atoms with E-state index >= 15 is 0 Å². The van der Waals surface area contributed by atoms with E-state index in [9.17, 15) is 14.7 Å². The minimum Gasteiger partial charge on any atom is -0.480 e. The number of benzene rings is 1. The van der Waals surface area contributed by atoms with Crippen LogP contribution in [-0.2, 0) is 14.3 Å². The van der Waals surface area contributed by atoms with Gasteiger partial charge in [-0.1, -0.05) is 50.6 Å². The molecule has 140 valence electrons. The molecule has 1 aromatic carbocycles. The van der Waals surface area contributed by atoms with Gasteiger partial charge in [0.05, 0.1) is 4.75 Å². The Morgan fingerprint density at radius 3 is 2.08 bits per heavy atom. The van der Waals surface area contributed by atoms with E-state index in [4.69, 9.17) is 29.0 Å². The van der Waals surface area contributed by atoms with Crippen LogP contribution < -0.4 is 5.32 Å². The number of carboxylic acids is 1. The second-order valence-electron chi connectivity index (χ2n) is 7.91. The van der Waals surface area contributed by atoms with Gasteiger partial charge in [0, 0.05) is 5.02 Å². The number of aliphatic carboxylic acids is 1. The van der Waals surface area contributed by atoms with Crippen LogP contribution in [0.25, 0.3) is 0 Å². The highest BCUT2D eigenvalue weighted by Gasteiger charge is 2.52. The number of nitrogens with one attached hydrogen (secondary N) is 1. The number of thiol groups is 1. The van der Waals surface area contributed by atoms with Gasteiger partial charge >= 0.3 is 12.1 Å². The maximum absolute atomic E-state index is 12.2. The third-order valence-corrected chi connectivity index (χ3v) is 5.25. The molecule has 0 fully saturated rings. The van der Waals surface area contributed by atoms with E-state index in [0.717, 1.165) is 0 Å². The summed E-state index contributed by atoms with van der Waals surface area (Å²) in [6.45, 7) is 10.6. The predicted molar refractivity (Wildman–Crippen MR) is 102 cm³/mol. The molecule has 0 aromatic heterocycles. The van der Waals surface area contributed by atoms with Crippen LogP contribution in [0.3, 0.4) is 0 Å². The van der Waals surface area contributed by atoms with Crippen molar-refractivity contribution in [3.05, 3.63) is 34.9 Å². The van der Waals surface area contributed by atoms with Gasteiger partial charge in [0.15, 0.2) is 0 Å². The SMILES string of the molecule is CC(C)(C)OC(=O)N[C@H](C(=O)O)[C@@](S)(c1ccccc1Cl)C(C)(C)C. The largest absolute Gasteiger partial charge is 0.480 e. The lowest BCUT2D eigenvalue weighted by Gasteiger charge is -2.45. The maximum atomic E-state index is 12.2. The molecular weight excluding hydrogens is 362 g/mol. The average Bonchev–Trinajstić information content (AvgIpc) is 2.41. The van der Waals surface area contributed by atoms with Crippen molar-refractivity contribution in [1.82, 2.24) is 5.32 Å². The molecule has 1 aromatic rings. The highest BCUT2D eigenvalue weighted by Crippen LogP contribution is 2.49. The molecule has 0 aliphatic rings. The number of alkyl carbamates (subject to hydrolysis) is 1. The van der Waals surface area contributed by atoms with Crippen molar-refractivity contribution in [3.8, 4) is 0 Å². The van der Waals surface area contributed by atoms with Gasteiger partial charge in [-0.15, -0.1) is 0 Å². The fourth-order valence-electron chi connectivity index (χ4n) is 2.53. The van der Waals surface area contributed by atoms with Crippen LogP contribution in [0.1, 0.15) is 47.1 Å². The van der Waals surface area contributed by atoms with Crippen molar-refractivity contribution in [1.29, 1.82) is 0 Å². The highest BCUT2D eigenvalue weighted by molar-refractivity contribution is 7.81. The van der Waals surface area contributed by atoms with E-state index in [1.165, 1.54) is 0 Å². The molecule has 0 saturated carbocycles. The smallest absolute Gasteiger partial charge is 0.408 e. The molecule has 0 spiro atoms. The van der Waals surface area contributed by atoms with Crippen LogP contribution in [0, 0.1) is 5.41 Å². The van der Waals surface area contributed by atoms with Gasteiger partial charge in [-0.2, -0.15) is 12.6 Å².